The van der Waals surface area contributed by atoms with Gasteiger partial charge in [0, 0.05) is 25.0 Å². The molecule has 1 aliphatic heterocycles. The van der Waals surface area contributed by atoms with Crippen molar-refractivity contribution in [3.63, 3.8) is 0 Å². The quantitative estimate of drug-likeness (QED) is 0.179. The molecular weight excluding hydrogens is 602 g/mol. The monoisotopic (exact) mass is 667 g/mol. The average Bonchev–Trinajstić information content (AvgIpc) is 3.62. The van der Waals surface area contributed by atoms with E-state index in [1.165, 1.54) is 31.3 Å². The van der Waals surface area contributed by atoms with Gasteiger partial charge in [0.05, 0.1) is 17.9 Å². The third-order valence-corrected chi connectivity index (χ3v) is 15.7. The lowest BCUT2D eigenvalue weighted by Gasteiger charge is -2.71. The Hall–Kier alpha value is -1.73. The first-order valence-corrected chi connectivity index (χ1v) is 19.5. The van der Waals surface area contributed by atoms with Crippen molar-refractivity contribution in [2.45, 2.75) is 151 Å². The zero-order chi connectivity index (χ0) is 34.9. The molecule has 0 aromatic heterocycles. The molecule has 6 aliphatic rings. The average molecular weight is 668 g/mol. The van der Waals surface area contributed by atoms with Gasteiger partial charge >= 0.3 is 11.9 Å². The summed E-state index contributed by atoms with van der Waals surface area (Å²) in [5.74, 6) is 1.10. The third kappa shape index (κ3) is 5.73. The highest BCUT2D eigenvalue weighted by atomic mass is 16.5. The standard InChI is InChI=1S/C41H65NO6/c1-25(2)34-30(43)22-41(19-20-42-24-27-10-9-21-47-27)18-17-39(7)29(35(34)41)11-12-32-38(6)15-14-31(26(3)28(38)13-16-40(32,39)8)48-33(44)23-37(4,5)36(45)46/h25-29,31-32,42H,9-24H2,1-8H3,(H,45,46)/t26?,27?,28?,29-,31+,32?,38+,39-,40-,41-/m1/s1. The Morgan fingerprint density at radius 1 is 1.02 bits per heavy atom. The number of ether oxygens (including phenoxy) is 2. The van der Waals surface area contributed by atoms with Crippen molar-refractivity contribution in [1.82, 2.24) is 5.32 Å². The second kappa shape index (κ2) is 12.8. The molecule has 7 heteroatoms. The minimum absolute atomic E-state index is 0.000349. The Morgan fingerprint density at radius 2 is 1.77 bits per heavy atom. The van der Waals surface area contributed by atoms with Crippen molar-refractivity contribution >= 4 is 17.7 Å². The summed E-state index contributed by atoms with van der Waals surface area (Å²) < 4.78 is 11.9. The lowest BCUT2D eigenvalue weighted by Crippen LogP contribution is -2.64. The highest BCUT2D eigenvalue weighted by Gasteiger charge is 2.69. The molecule has 2 N–H and O–H groups in total. The second-order valence-electron chi connectivity index (χ2n) is 18.9. The molecule has 0 radical (unpaired) electrons. The topological polar surface area (TPSA) is 102 Å². The maximum Gasteiger partial charge on any atom is 0.309 e. The number of hydrogen-bond donors (Lipinski definition) is 2. The molecule has 10 atom stereocenters. The molecule has 4 unspecified atom stereocenters. The van der Waals surface area contributed by atoms with Crippen molar-refractivity contribution in [3.8, 4) is 0 Å². The first-order valence-electron chi connectivity index (χ1n) is 19.5. The molecule has 1 heterocycles. The SMILES string of the molecule is CC(C)C1=C2[C@H]3CCC4[C@@]5(C)CC[C@H](OC(=O)CC(C)(C)C(=O)O)C(C)C5CC[C@@]4(C)[C@]3(C)CC[C@@]2(CCNCC2CCCO2)CC1=O. The minimum atomic E-state index is -1.13. The van der Waals surface area contributed by atoms with Gasteiger partial charge in [-0.25, -0.2) is 0 Å². The summed E-state index contributed by atoms with van der Waals surface area (Å²) in [5, 5.41) is 13.3. The van der Waals surface area contributed by atoms with E-state index in [0.717, 1.165) is 64.6 Å². The first-order chi connectivity index (χ1) is 22.5. The zero-order valence-corrected chi connectivity index (χ0v) is 31.3. The van der Waals surface area contributed by atoms with E-state index < -0.39 is 11.4 Å². The van der Waals surface area contributed by atoms with E-state index in [1.54, 1.807) is 19.4 Å². The lowest BCUT2D eigenvalue weighted by atomic mass is 9.34. The maximum absolute atomic E-state index is 13.9. The molecule has 270 valence electrons. The lowest BCUT2D eigenvalue weighted by molar-refractivity contribution is -0.216. The van der Waals surface area contributed by atoms with Crippen molar-refractivity contribution in [2.75, 3.05) is 19.7 Å². The van der Waals surface area contributed by atoms with Crippen LogP contribution < -0.4 is 5.32 Å². The molecule has 5 aliphatic carbocycles. The number of ketones is 1. The molecular formula is C41H65NO6. The predicted octanol–water partition coefficient (Wildman–Crippen LogP) is 8.15. The first kappa shape index (κ1) is 36.1. The summed E-state index contributed by atoms with van der Waals surface area (Å²) in [6.07, 6.45) is 13.0. The van der Waals surface area contributed by atoms with Crippen molar-refractivity contribution in [1.29, 1.82) is 0 Å². The molecule has 0 bridgehead atoms. The van der Waals surface area contributed by atoms with Gasteiger partial charge in [0.15, 0.2) is 5.78 Å². The smallest absolute Gasteiger partial charge is 0.309 e. The Bertz CT molecular complexity index is 1310. The normalized spacial score (nSPS) is 42.6. The fourth-order valence-corrected chi connectivity index (χ4v) is 12.9. The number of Topliss-reactive ketones (excluding diaryl/α,β-unsaturated/α-hetero) is 1. The van der Waals surface area contributed by atoms with Gasteiger partial charge < -0.3 is 19.9 Å². The van der Waals surface area contributed by atoms with E-state index in [2.05, 4.69) is 46.9 Å². The number of allylic oxidation sites excluding steroid dienone is 2. The number of esters is 1. The van der Waals surface area contributed by atoms with Crippen LogP contribution in [0, 0.1) is 56.7 Å². The second-order valence-corrected chi connectivity index (χ2v) is 18.9. The van der Waals surface area contributed by atoms with E-state index in [0.29, 0.717) is 36.1 Å². The Kier molecular flexibility index (Phi) is 9.62. The zero-order valence-electron chi connectivity index (χ0n) is 31.3. The van der Waals surface area contributed by atoms with Crippen LogP contribution in [0.25, 0.3) is 0 Å². The highest BCUT2D eigenvalue weighted by Crippen LogP contribution is 2.76. The number of aliphatic carboxylic acids is 1. The van der Waals surface area contributed by atoms with Crippen LogP contribution in [0.1, 0.15) is 139 Å². The van der Waals surface area contributed by atoms with Gasteiger partial charge in [0.1, 0.15) is 6.10 Å². The van der Waals surface area contributed by atoms with Gasteiger partial charge in [0.25, 0.3) is 0 Å². The van der Waals surface area contributed by atoms with Crippen LogP contribution in [0.5, 0.6) is 0 Å². The van der Waals surface area contributed by atoms with Crippen LogP contribution in [-0.4, -0.2) is 54.7 Å². The Balaban J connectivity index is 1.22. The number of rotatable bonds is 10. The number of carbonyl (C=O) groups excluding carboxylic acids is 2. The number of fused-ring (bicyclic) bond motifs is 7. The Morgan fingerprint density at radius 3 is 2.44 bits per heavy atom. The molecule has 0 amide bonds. The summed E-state index contributed by atoms with van der Waals surface area (Å²) in [6.45, 7) is 20.5. The fourth-order valence-electron chi connectivity index (χ4n) is 12.9. The molecule has 5 fully saturated rings. The van der Waals surface area contributed by atoms with E-state index in [1.807, 2.05) is 0 Å². The van der Waals surface area contributed by atoms with Gasteiger partial charge in [-0.3, -0.25) is 14.4 Å². The number of hydrogen-bond acceptors (Lipinski definition) is 6. The van der Waals surface area contributed by atoms with Crippen LogP contribution in [0.3, 0.4) is 0 Å². The number of carboxylic acids is 1. The van der Waals surface area contributed by atoms with Crippen molar-refractivity contribution < 1.29 is 29.0 Å². The van der Waals surface area contributed by atoms with E-state index in [9.17, 15) is 19.5 Å². The number of nitrogens with one attached hydrogen (secondary N) is 1. The van der Waals surface area contributed by atoms with E-state index in [-0.39, 0.29) is 52.0 Å². The predicted molar refractivity (Wildman–Crippen MR) is 187 cm³/mol. The maximum atomic E-state index is 13.9. The van der Waals surface area contributed by atoms with Crippen molar-refractivity contribution in [2.24, 2.45) is 56.7 Å². The van der Waals surface area contributed by atoms with Crippen LogP contribution in [0.15, 0.2) is 11.1 Å². The van der Waals surface area contributed by atoms with Gasteiger partial charge in [-0.05, 0) is 142 Å². The largest absolute Gasteiger partial charge is 0.481 e. The summed E-state index contributed by atoms with van der Waals surface area (Å²) in [4.78, 5) is 38.5. The van der Waals surface area contributed by atoms with Gasteiger partial charge in [-0.1, -0.05) is 47.1 Å². The van der Waals surface area contributed by atoms with Crippen LogP contribution >= 0.6 is 0 Å². The van der Waals surface area contributed by atoms with Crippen LogP contribution in [0.4, 0.5) is 0 Å². The fraction of sp³-hybridized carbons (Fsp3) is 0.878. The summed E-state index contributed by atoms with van der Waals surface area (Å²) in [7, 11) is 0. The van der Waals surface area contributed by atoms with E-state index in [4.69, 9.17) is 9.47 Å². The molecule has 1 saturated heterocycles. The van der Waals surface area contributed by atoms with Crippen molar-refractivity contribution in [3.05, 3.63) is 11.1 Å². The van der Waals surface area contributed by atoms with E-state index >= 15 is 0 Å². The van der Waals surface area contributed by atoms with Gasteiger partial charge in [-0.2, -0.15) is 0 Å². The van der Waals surface area contributed by atoms with Crippen LogP contribution in [-0.2, 0) is 23.9 Å². The third-order valence-electron chi connectivity index (χ3n) is 15.7. The summed E-state index contributed by atoms with van der Waals surface area (Å²) >= 11 is 0. The van der Waals surface area contributed by atoms with Crippen LogP contribution in [0.2, 0.25) is 0 Å². The molecule has 48 heavy (non-hydrogen) atoms. The molecule has 6 rings (SSSR count). The van der Waals surface area contributed by atoms with Gasteiger partial charge in [-0.15, -0.1) is 0 Å². The molecule has 7 nitrogen and oxygen atoms in total. The molecule has 0 aromatic rings. The summed E-state index contributed by atoms with van der Waals surface area (Å²) in [6, 6.07) is 0. The molecule has 4 saturated carbocycles. The molecule has 0 spiro atoms. The molecule has 0 aromatic carbocycles. The van der Waals surface area contributed by atoms with Gasteiger partial charge in [0.2, 0.25) is 0 Å². The highest BCUT2D eigenvalue weighted by molar-refractivity contribution is 6.00. The summed E-state index contributed by atoms with van der Waals surface area (Å²) in [5.41, 5.74) is 2.11. The number of carboxylic acid groups (broad SMARTS) is 1. The Labute approximate surface area is 290 Å². The minimum Gasteiger partial charge on any atom is -0.481 e. The number of carbonyl (C=O) groups is 3.